The summed E-state index contributed by atoms with van der Waals surface area (Å²) in [6, 6.07) is 5.59. The fourth-order valence-corrected chi connectivity index (χ4v) is 6.70. The molecule has 158 valence electrons. The minimum atomic E-state index is -3.47. The highest BCUT2D eigenvalue weighted by Crippen LogP contribution is 2.32. The highest BCUT2D eigenvalue weighted by Gasteiger charge is 2.39. The van der Waals surface area contributed by atoms with Crippen molar-refractivity contribution in [2.75, 3.05) is 39.3 Å². The van der Waals surface area contributed by atoms with E-state index in [4.69, 9.17) is 0 Å². The highest BCUT2D eigenvalue weighted by atomic mass is 32.2. The van der Waals surface area contributed by atoms with Crippen LogP contribution in [0, 0.1) is 5.92 Å². The Morgan fingerprint density at radius 2 is 1.72 bits per heavy atom. The van der Waals surface area contributed by atoms with Gasteiger partial charge < -0.3 is 4.90 Å². The maximum absolute atomic E-state index is 13.2. The van der Waals surface area contributed by atoms with Crippen molar-refractivity contribution in [3.05, 3.63) is 29.3 Å². The average molecular weight is 418 g/mol. The monoisotopic (exact) mass is 417 g/mol. The third-order valence-electron chi connectivity index (χ3n) is 7.08. The minimum Gasteiger partial charge on any atom is -0.341 e. The minimum absolute atomic E-state index is 0.0589. The zero-order chi connectivity index (χ0) is 20.0. The lowest BCUT2D eigenvalue weighted by Gasteiger charge is -2.26. The molecule has 0 radical (unpaired) electrons. The van der Waals surface area contributed by atoms with Crippen LogP contribution in [-0.4, -0.2) is 73.7 Å². The number of likely N-dealkylation sites (tertiary alicyclic amines) is 1. The number of fused-ring (bicyclic) bond motifs is 1. The molecule has 0 bridgehead atoms. The van der Waals surface area contributed by atoms with Gasteiger partial charge in [-0.15, -0.1) is 0 Å². The first-order valence-corrected chi connectivity index (χ1v) is 12.6. The largest absolute Gasteiger partial charge is 0.341 e. The van der Waals surface area contributed by atoms with Crippen LogP contribution in [0.1, 0.15) is 43.2 Å². The van der Waals surface area contributed by atoms with Crippen LogP contribution in [0.3, 0.4) is 0 Å². The number of carbonyl (C=O) groups excluding carboxylic acids is 1. The fourth-order valence-electron chi connectivity index (χ4n) is 5.18. The number of aryl methyl sites for hydroxylation is 2. The van der Waals surface area contributed by atoms with Crippen molar-refractivity contribution in [3.63, 3.8) is 0 Å². The van der Waals surface area contributed by atoms with Gasteiger partial charge in [-0.2, -0.15) is 4.31 Å². The van der Waals surface area contributed by atoms with Crippen molar-refractivity contribution in [1.29, 1.82) is 0 Å². The summed E-state index contributed by atoms with van der Waals surface area (Å²) in [5, 5.41) is 0. The van der Waals surface area contributed by atoms with E-state index < -0.39 is 10.0 Å². The molecule has 2 heterocycles. The van der Waals surface area contributed by atoms with Gasteiger partial charge in [-0.3, -0.25) is 9.69 Å². The molecule has 0 N–H and O–H groups in total. The predicted molar refractivity (Wildman–Crippen MR) is 111 cm³/mol. The summed E-state index contributed by atoms with van der Waals surface area (Å²) in [7, 11) is -3.47. The summed E-state index contributed by atoms with van der Waals surface area (Å²) in [5.74, 6) is 0.974. The van der Waals surface area contributed by atoms with E-state index in [1.165, 1.54) is 24.0 Å². The summed E-state index contributed by atoms with van der Waals surface area (Å²) < 4.78 is 28.1. The maximum atomic E-state index is 13.2. The van der Waals surface area contributed by atoms with Crippen molar-refractivity contribution in [2.24, 2.45) is 5.92 Å². The van der Waals surface area contributed by atoms with Crippen LogP contribution < -0.4 is 0 Å². The number of benzene rings is 1. The number of carbonyl (C=O) groups is 1. The van der Waals surface area contributed by atoms with Crippen LogP contribution in [0.15, 0.2) is 23.1 Å². The summed E-state index contributed by atoms with van der Waals surface area (Å²) in [6.07, 6.45) is 7.32. The van der Waals surface area contributed by atoms with Gasteiger partial charge in [0.2, 0.25) is 15.9 Å². The Bertz CT molecular complexity index is 897. The lowest BCUT2D eigenvalue weighted by Crippen LogP contribution is -2.44. The summed E-state index contributed by atoms with van der Waals surface area (Å²) in [6.45, 7) is 4.20. The van der Waals surface area contributed by atoms with Crippen LogP contribution in [0.25, 0.3) is 0 Å². The molecule has 0 spiro atoms. The molecule has 7 heteroatoms. The van der Waals surface area contributed by atoms with Crippen LogP contribution >= 0.6 is 0 Å². The topological polar surface area (TPSA) is 60.9 Å². The van der Waals surface area contributed by atoms with Crippen LogP contribution in [0.5, 0.6) is 0 Å². The van der Waals surface area contributed by atoms with Crippen molar-refractivity contribution >= 4 is 15.9 Å². The molecule has 1 atom stereocenters. The third-order valence-corrected chi connectivity index (χ3v) is 8.98. The number of hydrogen-bond donors (Lipinski definition) is 0. The Morgan fingerprint density at radius 1 is 0.897 bits per heavy atom. The molecular weight excluding hydrogens is 386 g/mol. The number of sulfonamides is 1. The van der Waals surface area contributed by atoms with Crippen LogP contribution in [0.4, 0.5) is 0 Å². The second-order valence-electron chi connectivity index (χ2n) is 9.11. The predicted octanol–water partition coefficient (Wildman–Crippen LogP) is 1.88. The van der Waals surface area contributed by atoms with E-state index in [0.29, 0.717) is 24.5 Å². The van der Waals surface area contributed by atoms with Gasteiger partial charge >= 0.3 is 0 Å². The Labute approximate surface area is 173 Å². The zero-order valence-electron chi connectivity index (χ0n) is 17.1. The molecule has 1 aromatic carbocycles. The van der Waals surface area contributed by atoms with Crippen LogP contribution in [-0.2, 0) is 27.7 Å². The normalized spacial score (nSPS) is 26.7. The van der Waals surface area contributed by atoms with E-state index in [1.54, 1.807) is 10.4 Å². The Kier molecular flexibility index (Phi) is 5.16. The Hall–Kier alpha value is -1.44. The molecule has 1 amide bonds. The third kappa shape index (κ3) is 3.84. The van der Waals surface area contributed by atoms with Gasteiger partial charge in [-0.05, 0) is 74.1 Å². The molecular formula is C22H31N3O3S. The zero-order valence-corrected chi connectivity index (χ0v) is 17.9. The highest BCUT2D eigenvalue weighted by molar-refractivity contribution is 7.89. The molecule has 0 unspecified atom stereocenters. The summed E-state index contributed by atoms with van der Waals surface area (Å²) >= 11 is 0. The quantitative estimate of drug-likeness (QED) is 0.734. The van der Waals surface area contributed by atoms with E-state index in [0.717, 1.165) is 57.7 Å². The Balaban J connectivity index is 1.25. The van der Waals surface area contributed by atoms with Gasteiger partial charge in [0.15, 0.2) is 0 Å². The van der Waals surface area contributed by atoms with E-state index in [-0.39, 0.29) is 11.9 Å². The molecule has 6 nitrogen and oxygen atoms in total. The fraction of sp³-hybridized carbons (Fsp3) is 0.682. The summed E-state index contributed by atoms with van der Waals surface area (Å²) in [4.78, 5) is 17.5. The van der Waals surface area contributed by atoms with Crippen molar-refractivity contribution in [1.82, 2.24) is 14.1 Å². The molecule has 4 aliphatic rings. The second kappa shape index (κ2) is 7.67. The lowest BCUT2D eigenvalue weighted by atomic mass is 10.1. The van der Waals surface area contributed by atoms with E-state index in [2.05, 4.69) is 4.90 Å². The average Bonchev–Trinajstić information content (AvgIpc) is 3.37. The number of nitrogens with zero attached hydrogens (tertiary/aromatic N) is 3. The smallest absolute Gasteiger partial charge is 0.243 e. The first kappa shape index (κ1) is 19.5. The van der Waals surface area contributed by atoms with Crippen molar-refractivity contribution in [3.8, 4) is 0 Å². The van der Waals surface area contributed by atoms with Gasteiger partial charge in [0.05, 0.1) is 10.9 Å². The first-order valence-electron chi connectivity index (χ1n) is 11.2. The molecule has 2 aliphatic carbocycles. The number of amides is 1. The Morgan fingerprint density at radius 3 is 2.55 bits per heavy atom. The maximum Gasteiger partial charge on any atom is 0.243 e. The summed E-state index contributed by atoms with van der Waals surface area (Å²) in [5.41, 5.74) is 2.48. The molecule has 29 heavy (non-hydrogen) atoms. The van der Waals surface area contributed by atoms with Crippen molar-refractivity contribution < 1.29 is 13.2 Å². The molecule has 1 aromatic rings. The van der Waals surface area contributed by atoms with Crippen molar-refractivity contribution in [2.45, 2.75) is 55.9 Å². The standard InChI is InChI=1S/C22H31N3O3S/c26-22-21(9-12-24(22)16-17-5-6-17)23-10-2-11-25(14-13-23)29(27,28)20-8-7-18-3-1-4-19(18)15-20/h7-8,15,17,21H,1-6,9-14,16H2/t21-/m1/s1. The SMILES string of the molecule is O=C1[C@H](N2CCCN(S(=O)(=O)c3ccc4c(c3)CCC4)CC2)CCN1CC1CC1. The van der Waals surface area contributed by atoms with Gasteiger partial charge in [-0.25, -0.2) is 8.42 Å². The molecule has 3 fully saturated rings. The van der Waals surface area contributed by atoms with E-state index in [1.807, 2.05) is 17.0 Å². The molecule has 2 aliphatic heterocycles. The van der Waals surface area contributed by atoms with E-state index in [9.17, 15) is 13.2 Å². The van der Waals surface area contributed by atoms with Gasteiger partial charge in [-0.1, -0.05) is 6.07 Å². The van der Waals surface area contributed by atoms with E-state index >= 15 is 0 Å². The number of rotatable bonds is 5. The molecule has 2 saturated heterocycles. The van der Waals surface area contributed by atoms with Gasteiger partial charge in [0.1, 0.15) is 0 Å². The second-order valence-corrected chi connectivity index (χ2v) is 11.0. The number of hydrogen-bond acceptors (Lipinski definition) is 4. The van der Waals surface area contributed by atoms with Crippen LogP contribution in [0.2, 0.25) is 0 Å². The molecule has 0 aromatic heterocycles. The van der Waals surface area contributed by atoms with Gasteiger partial charge in [0.25, 0.3) is 0 Å². The lowest BCUT2D eigenvalue weighted by molar-refractivity contribution is -0.132. The van der Waals surface area contributed by atoms with Gasteiger partial charge in [0, 0.05) is 39.3 Å². The first-order chi connectivity index (χ1) is 14.0. The molecule has 5 rings (SSSR count). The molecule has 1 saturated carbocycles.